The van der Waals surface area contributed by atoms with Gasteiger partial charge >= 0.3 is 11.7 Å². The third-order valence-corrected chi connectivity index (χ3v) is 6.06. The van der Waals surface area contributed by atoms with Crippen LogP contribution in [-0.4, -0.2) is 74.7 Å². The van der Waals surface area contributed by atoms with Gasteiger partial charge in [-0.15, -0.1) is 0 Å². The van der Waals surface area contributed by atoms with Gasteiger partial charge in [-0.05, 0) is 18.4 Å². The summed E-state index contributed by atoms with van der Waals surface area (Å²) in [5, 5.41) is 0.916. The molecule has 9 nitrogen and oxygen atoms in total. The molecule has 2 fully saturated rings. The van der Waals surface area contributed by atoms with Crippen LogP contribution < -0.4 is 5.69 Å². The van der Waals surface area contributed by atoms with E-state index in [0.717, 1.165) is 28.5 Å². The summed E-state index contributed by atoms with van der Waals surface area (Å²) in [5.41, 5.74) is 2.18. The summed E-state index contributed by atoms with van der Waals surface area (Å²) in [6, 6.07) is 1.90. The molecule has 5 heterocycles. The van der Waals surface area contributed by atoms with E-state index < -0.39 is 0 Å². The lowest BCUT2D eigenvalue weighted by Gasteiger charge is -2.40. The standard InChI is InChI=1S/C19H24N6O3/c1-12-3-5-24(19(27)23-6-8-28-9-7-23)11-15(12)25-16-13-2-4-20-17(13)21-10-14(16)22-18(25)26/h2,4,10,12,15H,3,5-9,11H2,1H3,(H,20,21)(H,22,26). The number of pyridine rings is 1. The van der Waals surface area contributed by atoms with Gasteiger partial charge in [-0.25, -0.2) is 14.6 Å². The molecule has 0 saturated carbocycles. The Hall–Kier alpha value is -2.81. The van der Waals surface area contributed by atoms with Gasteiger partial charge < -0.3 is 24.5 Å². The maximum Gasteiger partial charge on any atom is 0.326 e. The molecule has 0 aromatic carbocycles. The number of ether oxygens (including phenoxy) is 1. The van der Waals surface area contributed by atoms with Crippen LogP contribution in [0.15, 0.2) is 23.3 Å². The quantitative estimate of drug-likeness (QED) is 0.665. The van der Waals surface area contributed by atoms with Crippen molar-refractivity contribution < 1.29 is 9.53 Å². The average molecular weight is 384 g/mol. The Morgan fingerprint density at radius 1 is 1.25 bits per heavy atom. The Kier molecular flexibility index (Phi) is 4.12. The molecule has 0 spiro atoms. The number of rotatable bonds is 1. The van der Waals surface area contributed by atoms with E-state index in [-0.39, 0.29) is 23.7 Å². The van der Waals surface area contributed by atoms with Crippen molar-refractivity contribution in [1.82, 2.24) is 29.3 Å². The summed E-state index contributed by atoms with van der Waals surface area (Å²) in [7, 11) is 0. The van der Waals surface area contributed by atoms with Crippen LogP contribution in [0.3, 0.4) is 0 Å². The Morgan fingerprint density at radius 3 is 2.89 bits per heavy atom. The summed E-state index contributed by atoms with van der Waals surface area (Å²) in [4.78, 5) is 40.0. The van der Waals surface area contributed by atoms with Crippen molar-refractivity contribution in [2.75, 3.05) is 39.4 Å². The third kappa shape index (κ3) is 2.69. The smallest absolute Gasteiger partial charge is 0.326 e. The number of carbonyl (C=O) groups is 1. The van der Waals surface area contributed by atoms with Gasteiger partial charge in [-0.3, -0.25) is 4.57 Å². The number of urea groups is 1. The Balaban J connectivity index is 1.52. The van der Waals surface area contributed by atoms with Crippen LogP contribution in [0.1, 0.15) is 19.4 Å². The van der Waals surface area contributed by atoms with Crippen molar-refractivity contribution in [1.29, 1.82) is 0 Å². The highest BCUT2D eigenvalue weighted by Crippen LogP contribution is 2.31. The van der Waals surface area contributed by atoms with Crippen molar-refractivity contribution >= 4 is 28.1 Å². The minimum Gasteiger partial charge on any atom is -0.378 e. The second-order valence-corrected chi connectivity index (χ2v) is 7.72. The number of hydrogen-bond donors (Lipinski definition) is 2. The molecule has 5 rings (SSSR count). The molecule has 2 saturated heterocycles. The molecule has 0 radical (unpaired) electrons. The third-order valence-electron chi connectivity index (χ3n) is 6.06. The van der Waals surface area contributed by atoms with Crippen LogP contribution in [0.2, 0.25) is 0 Å². The molecule has 3 aromatic rings. The van der Waals surface area contributed by atoms with Crippen LogP contribution in [0.4, 0.5) is 4.79 Å². The fourth-order valence-electron chi connectivity index (χ4n) is 4.45. The zero-order valence-electron chi connectivity index (χ0n) is 15.9. The van der Waals surface area contributed by atoms with Crippen molar-refractivity contribution in [3.8, 4) is 0 Å². The second kappa shape index (κ2) is 6.66. The van der Waals surface area contributed by atoms with Crippen molar-refractivity contribution in [2.24, 2.45) is 5.92 Å². The van der Waals surface area contributed by atoms with Crippen LogP contribution in [0, 0.1) is 5.92 Å². The predicted molar refractivity (Wildman–Crippen MR) is 104 cm³/mol. The number of aromatic amines is 2. The molecular weight excluding hydrogens is 360 g/mol. The van der Waals surface area contributed by atoms with E-state index in [9.17, 15) is 9.59 Å². The van der Waals surface area contributed by atoms with E-state index in [0.29, 0.717) is 39.4 Å². The normalized spacial score (nSPS) is 23.6. The first kappa shape index (κ1) is 17.3. The predicted octanol–water partition coefficient (Wildman–Crippen LogP) is 1.54. The van der Waals surface area contributed by atoms with Gasteiger partial charge in [-0.2, -0.15) is 0 Å². The molecule has 28 heavy (non-hydrogen) atoms. The average Bonchev–Trinajstić information content (AvgIpc) is 3.32. The number of likely N-dealkylation sites (tertiary alicyclic amines) is 1. The molecule has 9 heteroatoms. The summed E-state index contributed by atoms with van der Waals surface area (Å²) in [5.74, 6) is 0.285. The van der Waals surface area contributed by atoms with Gasteiger partial charge in [0.1, 0.15) is 5.65 Å². The number of H-pyrrole nitrogens is 2. The van der Waals surface area contributed by atoms with E-state index in [1.165, 1.54) is 0 Å². The number of morpholine rings is 1. The first-order valence-electron chi connectivity index (χ1n) is 9.81. The number of aromatic nitrogens is 4. The lowest BCUT2D eigenvalue weighted by atomic mass is 9.93. The largest absolute Gasteiger partial charge is 0.378 e. The molecular formula is C19H24N6O3. The molecule has 0 aliphatic carbocycles. The molecule has 0 bridgehead atoms. The highest BCUT2D eigenvalue weighted by atomic mass is 16.5. The number of hydrogen-bond acceptors (Lipinski definition) is 4. The topological polar surface area (TPSA) is 99.2 Å². The molecule has 2 aliphatic rings. The van der Waals surface area contributed by atoms with Crippen molar-refractivity contribution in [3.63, 3.8) is 0 Å². The van der Waals surface area contributed by atoms with Gasteiger partial charge in [0.15, 0.2) is 0 Å². The monoisotopic (exact) mass is 384 g/mol. The number of piperidine rings is 1. The van der Waals surface area contributed by atoms with Crippen LogP contribution >= 0.6 is 0 Å². The maximum absolute atomic E-state index is 13.0. The van der Waals surface area contributed by atoms with Gasteiger partial charge in [0.2, 0.25) is 0 Å². The van der Waals surface area contributed by atoms with E-state index >= 15 is 0 Å². The zero-order chi connectivity index (χ0) is 19.3. The Morgan fingerprint density at radius 2 is 2.07 bits per heavy atom. The van der Waals surface area contributed by atoms with Gasteiger partial charge in [0.05, 0.1) is 36.5 Å². The first-order valence-corrected chi connectivity index (χ1v) is 9.81. The highest BCUT2D eigenvalue weighted by Gasteiger charge is 2.34. The fourth-order valence-corrected chi connectivity index (χ4v) is 4.45. The maximum atomic E-state index is 13.0. The molecule has 2 N–H and O–H groups in total. The molecule has 2 aliphatic heterocycles. The van der Waals surface area contributed by atoms with E-state index in [1.807, 2.05) is 26.6 Å². The minimum absolute atomic E-state index is 0.0431. The zero-order valence-corrected chi connectivity index (χ0v) is 15.9. The van der Waals surface area contributed by atoms with E-state index in [4.69, 9.17) is 4.74 Å². The molecule has 2 unspecified atom stereocenters. The lowest BCUT2D eigenvalue weighted by molar-refractivity contribution is 0.0367. The molecule has 2 atom stereocenters. The van der Waals surface area contributed by atoms with Crippen molar-refractivity contribution in [2.45, 2.75) is 19.4 Å². The van der Waals surface area contributed by atoms with Gasteiger partial charge in [-0.1, -0.05) is 6.92 Å². The molecule has 148 valence electrons. The summed E-state index contributed by atoms with van der Waals surface area (Å²) in [6.07, 6.45) is 4.38. The van der Waals surface area contributed by atoms with Gasteiger partial charge in [0, 0.05) is 37.8 Å². The minimum atomic E-state index is -0.150. The second-order valence-electron chi connectivity index (χ2n) is 7.72. The van der Waals surface area contributed by atoms with Crippen LogP contribution in [0.5, 0.6) is 0 Å². The Labute approximate surface area is 161 Å². The number of fused-ring (bicyclic) bond motifs is 3. The molecule has 3 aromatic heterocycles. The highest BCUT2D eigenvalue weighted by molar-refractivity contribution is 6.00. The summed E-state index contributed by atoms with van der Waals surface area (Å²) < 4.78 is 7.19. The number of imidazole rings is 1. The fraction of sp³-hybridized carbons (Fsp3) is 0.526. The molecule has 2 amide bonds. The first-order chi connectivity index (χ1) is 13.6. The number of carbonyl (C=O) groups excluding carboxylic acids is 1. The number of nitrogens with one attached hydrogen (secondary N) is 2. The SMILES string of the molecule is CC1CCN(C(=O)N2CCOCC2)CC1n1c(=O)[nH]c2cnc3[nH]ccc3c21. The number of amides is 2. The van der Waals surface area contributed by atoms with Gasteiger partial charge in [0.25, 0.3) is 0 Å². The Bertz CT molecular complexity index is 1080. The van der Waals surface area contributed by atoms with Crippen LogP contribution in [0.25, 0.3) is 22.1 Å². The van der Waals surface area contributed by atoms with E-state index in [2.05, 4.69) is 21.9 Å². The van der Waals surface area contributed by atoms with Crippen LogP contribution in [-0.2, 0) is 4.74 Å². The van der Waals surface area contributed by atoms with Crippen molar-refractivity contribution in [3.05, 3.63) is 28.9 Å². The number of nitrogens with zero attached hydrogens (tertiary/aromatic N) is 4. The summed E-state index contributed by atoms with van der Waals surface area (Å²) >= 11 is 0. The van der Waals surface area contributed by atoms with E-state index in [1.54, 1.807) is 6.20 Å². The summed E-state index contributed by atoms with van der Waals surface area (Å²) in [6.45, 7) is 5.81. The lowest BCUT2D eigenvalue weighted by Crippen LogP contribution is -2.53.